The average molecular weight is 405 g/mol. The van der Waals surface area contributed by atoms with E-state index in [4.69, 9.17) is 0 Å². The zero-order chi connectivity index (χ0) is 14.2. The third-order valence-electron chi connectivity index (χ3n) is 3.89. The molecule has 0 atom stereocenters. The van der Waals surface area contributed by atoms with Crippen molar-refractivity contribution in [3.05, 3.63) is 18.7 Å². The largest absolute Gasteiger partial charge is 0.357 e. The zero-order valence-corrected chi connectivity index (χ0v) is 15.4. The topological polar surface area (TPSA) is 54.2 Å². The number of imidazole rings is 1. The maximum atomic E-state index is 4.65. The molecule has 0 radical (unpaired) electrons. The van der Waals surface area contributed by atoms with Crippen molar-refractivity contribution in [1.29, 1.82) is 0 Å². The van der Waals surface area contributed by atoms with Crippen molar-refractivity contribution >= 4 is 29.9 Å². The minimum atomic E-state index is 0. The van der Waals surface area contributed by atoms with Crippen LogP contribution in [-0.4, -0.2) is 34.6 Å². The van der Waals surface area contributed by atoms with Crippen molar-refractivity contribution in [3.63, 3.8) is 0 Å². The lowest BCUT2D eigenvalue weighted by Gasteiger charge is -2.28. The fourth-order valence-corrected chi connectivity index (χ4v) is 2.61. The summed E-state index contributed by atoms with van der Waals surface area (Å²) in [5.41, 5.74) is 0. The van der Waals surface area contributed by atoms with E-state index in [1.54, 1.807) is 6.20 Å². The maximum absolute atomic E-state index is 4.65. The van der Waals surface area contributed by atoms with Crippen LogP contribution in [0.1, 0.15) is 39.5 Å². The molecule has 120 valence electrons. The van der Waals surface area contributed by atoms with Crippen molar-refractivity contribution in [2.75, 3.05) is 13.1 Å². The fourth-order valence-electron chi connectivity index (χ4n) is 2.61. The third kappa shape index (κ3) is 6.67. The molecule has 21 heavy (non-hydrogen) atoms. The van der Waals surface area contributed by atoms with E-state index >= 15 is 0 Å². The van der Waals surface area contributed by atoms with Gasteiger partial charge in [-0.3, -0.25) is 4.99 Å². The van der Waals surface area contributed by atoms with E-state index < -0.39 is 0 Å². The van der Waals surface area contributed by atoms with Crippen LogP contribution in [0.4, 0.5) is 0 Å². The van der Waals surface area contributed by atoms with Gasteiger partial charge in [0.15, 0.2) is 5.96 Å². The normalized spacial score (nSPS) is 22.5. The van der Waals surface area contributed by atoms with Gasteiger partial charge in [0.25, 0.3) is 0 Å². The smallest absolute Gasteiger partial charge is 0.191 e. The molecule has 1 saturated carbocycles. The Balaban J connectivity index is 0.00000220. The average Bonchev–Trinajstić information content (AvgIpc) is 2.95. The quantitative estimate of drug-likeness (QED) is 0.450. The van der Waals surface area contributed by atoms with Crippen LogP contribution in [0.15, 0.2) is 23.7 Å². The van der Waals surface area contributed by atoms with Crippen molar-refractivity contribution < 1.29 is 0 Å². The van der Waals surface area contributed by atoms with Crippen LogP contribution in [0, 0.1) is 5.92 Å². The molecular formula is C15H28IN5. The monoisotopic (exact) mass is 405 g/mol. The van der Waals surface area contributed by atoms with Gasteiger partial charge in [-0.15, -0.1) is 24.0 Å². The Morgan fingerprint density at radius 3 is 2.71 bits per heavy atom. The third-order valence-corrected chi connectivity index (χ3v) is 3.89. The van der Waals surface area contributed by atoms with Gasteiger partial charge in [-0.05, 0) is 38.5 Å². The van der Waals surface area contributed by atoms with Crippen LogP contribution in [0.5, 0.6) is 0 Å². The number of hydrogen-bond acceptors (Lipinski definition) is 2. The molecular weight excluding hydrogens is 377 g/mol. The Morgan fingerprint density at radius 1 is 1.33 bits per heavy atom. The van der Waals surface area contributed by atoms with E-state index in [2.05, 4.69) is 39.0 Å². The number of rotatable bonds is 5. The number of halogens is 1. The summed E-state index contributed by atoms with van der Waals surface area (Å²) in [7, 11) is 0. The first-order valence-electron chi connectivity index (χ1n) is 7.78. The highest BCUT2D eigenvalue weighted by molar-refractivity contribution is 14.0. The zero-order valence-electron chi connectivity index (χ0n) is 13.1. The molecule has 1 aromatic heterocycles. The fraction of sp³-hybridized carbons (Fsp3) is 0.733. The van der Waals surface area contributed by atoms with Gasteiger partial charge in [0.2, 0.25) is 0 Å². The molecule has 0 aliphatic heterocycles. The summed E-state index contributed by atoms with van der Waals surface area (Å²) in [5, 5.41) is 6.91. The highest BCUT2D eigenvalue weighted by atomic mass is 127. The molecule has 0 amide bonds. The number of aromatic nitrogens is 2. The van der Waals surface area contributed by atoms with Gasteiger partial charge in [-0.2, -0.15) is 0 Å². The van der Waals surface area contributed by atoms with Gasteiger partial charge in [0.1, 0.15) is 0 Å². The second-order valence-electron chi connectivity index (χ2n) is 5.66. The number of aliphatic imine (C=N–C) groups is 1. The van der Waals surface area contributed by atoms with Gasteiger partial charge in [0.05, 0.1) is 12.9 Å². The minimum absolute atomic E-state index is 0. The van der Waals surface area contributed by atoms with Crippen LogP contribution >= 0.6 is 24.0 Å². The summed E-state index contributed by atoms with van der Waals surface area (Å²) in [4.78, 5) is 8.69. The molecule has 2 rings (SSSR count). The highest BCUT2D eigenvalue weighted by Gasteiger charge is 2.18. The summed E-state index contributed by atoms with van der Waals surface area (Å²) < 4.78 is 2.05. The molecule has 5 nitrogen and oxygen atoms in total. The lowest BCUT2D eigenvalue weighted by Crippen LogP contribution is -2.44. The molecule has 1 aromatic rings. The molecule has 0 aromatic carbocycles. The van der Waals surface area contributed by atoms with E-state index in [0.717, 1.165) is 31.5 Å². The number of nitrogens with one attached hydrogen (secondary N) is 2. The molecule has 2 N–H and O–H groups in total. The van der Waals surface area contributed by atoms with Crippen molar-refractivity contribution in [3.8, 4) is 0 Å². The van der Waals surface area contributed by atoms with Crippen LogP contribution in [0.3, 0.4) is 0 Å². The van der Waals surface area contributed by atoms with Crippen molar-refractivity contribution in [2.24, 2.45) is 10.9 Å². The summed E-state index contributed by atoms with van der Waals surface area (Å²) in [5.74, 6) is 1.83. The van der Waals surface area contributed by atoms with Crippen molar-refractivity contribution in [2.45, 2.75) is 52.1 Å². The van der Waals surface area contributed by atoms with E-state index in [0.29, 0.717) is 6.04 Å². The van der Waals surface area contributed by atoms with E-state index in [1.807, 2.05) is 12.5 Å². The Labute approximate surface area is 145 Å². The Hall–Kier alpha value is -0.790. The molecule has 0 saturated heterocycles. The molecule has 1 heterocycles. The Morgan fingerprint density at radius 2 is 2.10 bits per heavy atom. The van der Waals surface area contributed by atoms with Crippen LogP contribution < -0.4 is 10.6 Å². The van der Waals surface area contributed by atoms with E-state index in [-0.39, 0.29) is 24.0 Å². The lowest BCUT2D eigenvalue weighted by molar-refractivity contribution is 0.329. The molecule has 1 fully saturated rings. The van der Waals surface area contributed by atoms with Crippen LogP contribution in [-0.2, 0) is 6.54 Å². The molecule has 0 bridgehead atoms. The second kappa shape index (κ2) is 10.0. The van der Waals surface area contributed by atoms with Gasteiger partial charge in [0, 0.05) is 31.5 Å². The molecule has 6 heteroatoms. The summed E-state index contributed by atoms with van der Waals surface area (Å²) in [6.45, 7) is 7.00. The van der Waals surface area contributed by atoms with Gasteiger partial charge < -0.3 is 15.2 Å². The van der Waals surface area contributed by atoms with Gasteiger partial charge in [-0.25, -0.2) is 4.98 Å². The first-order chi connectivity index (χ1) is 9.78. The van der Waals surface area contributed by atoms with Gasteiger partial charge in [-0.1, -0.05) is 6.92 Å². The Kier molecular flexibility index (Phi) is 8.72. The molecule has 1 aliphatic rings. The minimum Gasteiger partial charge on any atom is -0.357 e. The predicted molar refractivity (Wildman–Crippen MR) is 98.2 cm³/mol. The molecule has 0 spiro atoms. The van der Waals surface area contributed by atoms with E-state index in [1.165, 1.54) is 25.7 Å². The second-order valence-corrected chi connectivity index (χ2v) is 5.66. The number of guanidine groups is 1. The summed E-state index contributed by atoms with van der Waals surface area (Å²) >= 11 is 0. The summed E-state index contributed by atoms with van der Waals surface area (Å²) in [6, 6.07) is 0.581. The predicted octanol–water partition coefficient (Wildman–Crippen LogP) is 2.63. The molecule has 1 aliphatic carbocycles. The SMILES string of the molecule is CCNC(=NCCn1ccnc1)NC1CCC(C)CC1.I. The number of hydrogen-bond donors (Lipinski definition) is 2. The van der Waals surface area contributed by atoms with Crippen molar-refractivity contribution in [1.82, 2.24) is 20.2 Å². The summed E-state index contributed by atoms with van der Waals surface area (Å²) in [6.07, 6.45) is 10.8. The van der Waals surface area contributed by atoms with Crippen LogP contribution in [0.2, 0.25) is 0 Å². The first-order valence-corrected chi connectivity index (χ1v) is 7.78. The first kappa shape index (κ1) is 18.3. The standard InChI is InChI=1S/C15H27N5.HI/c1-3-17-15(18-9-11-20-10-8-16-12-20)19-14-6-4-13(2)5-7-14;/h8,10,12-14H,3-7,9,11H2,1-2H3,(H2,17,18,19);1H. The van der Waals surface area contributed by atoms with E-state index in [9.17, 15) is 0 Å². The number of nitrogens with zero attached hydrogens (tertiary/aromatic N) is 3. The highest BCUT2D eigenvalue weighted by Crippen LogP contribution is 2.23. The van der Waals surface area contributed by atoms with Gasteiger partial charge >= 0.3 is 0 Å². The van der Waals surface area contributed by atoms with Crippen LogP contribution in [0.25, 0.3) is 0 Å². The molecule has 0 unspecified atom stereocenters. The maximum Gasteiger partial charge on any atom is 0.191 e. The Bertz CT molecular complexity index is 396. The lowest BCUT2D eigenvalue weighted by atomic mass is 9.87.